The summed E-state index contributed by atoms with van der Waals surface area (Å²) in [6, 6.07) is 7.32. The number of carbonyl (C=O) groups excluding carboxylic acids is 1. The summed E-state index contributed by atoms with van der Waals surface area (Å²) in [7, 11) is 3.71. The highest BCUT2D eigenvalue weighted by Crippen LogP contribution is 2.33. The first-order chi connectivity index (χ1) is 9.51. The van der Waals surface area contributed by atoms with E-state index in [1.807, 2.05) is 21.0 Å². The summed E-state index contributed by atoms with van der Waals surface area (Å²) in [5, 5.41) is 8.92. The highest BCUT2D eigenvalue weighted by Gasteiger charge is 2.33. The van der Waals surface area contributed by atoms with Crippen molar-refractivity contribution in [1.29, 1.82) is 5.26 Å². The topological polar surface area (TPSA) is 53.3 Å². The van der Waals surface area contributed by atoms with E-state index in [4.69, 9.17) is 10.00 Å². The zero-order chi connectivity index (χ0) is 14.7. The first kappa shape index (κ1) is 14.1. The number of ketones is 1. The van der Waals surface area contributed by atoms with E-state index in [9.17, 15) is 4.79 Å². The van der Waals surface area contributed by atoms with Crippen LogP contribution in [-0.2, 0) is 4.79 Å². The predicted octanol–water partition coefficient (Wildman–Crippen LogP) is 2.63. The minimum absolute atomic E-state index is 0.0562. The number of rotatable bonds is 5. The second-order valence-electron chi connectivity index (χ2n) is 5.29. The maximum absolute atomic E-state index is 12.2. The first-order valence-corrected chi connectivity index (χ1v) is 6.62. The van der Waals surface area contributed by atoms with Crippen LogP contribution < -0.4 is 4.74 Å². The SMILES string of the molecule is Cc1cc(O/C(=C/N(C)C)C(=O)C2CC2)ccc1C#N. The van der Waals surface area contributed by atoms with E-state index in [2.05, 4.69) is 6.07 Å². The number of nitrogens with zero attached hydrogens (tertiary/aromatic N) is 2. The van der Waals surface area contributed by atoms with Crippen molar-refractivity contribution in [3.8, 4) is 11.8 Å². The number of Topliss-reactive ketones (excluding diaryl/α,β-unsaturated/α-hetero) is 1. The lowest BCUT2D eigenvalue weighted by Gasteiger charge is -2.13. The maximum atomic E-state index is 12.2. The summed E-state index contributed by atoms with van der Waals surface area (Å²) in [6.45, 7) is 1.85. The highest BCUT2D eigenvalue weighted by molar-refractivity contribution is 5.97. The normalized spacial score (nSPS) is 14.6. The van der Waals surface area contributed by atoms with Gasteiger partial charge in [0.15, 0.2) is 5.76 Å². The van der Waals surface area contributed by atoms with Gasteiger partial charge in [0, 0.05) is 26.2 Å². The van der Waals surface area contributed by atoms with Gasteiger partial charge >= 0.3 is 0 Å². The van der Waals surface area contributed by atoms with E-state index in [0.717, 1.165) is 18.4 Å². The molecule has 2 rings (SSSR count). The van der Waals surface area contributed by atoms with Crippen LogP contribution in [0.1, 0.15) is 24.0 Å². The largest absolute Gasteiger partial charge is 0.452 e. The molecule has 1 saturated carbocycles. The van der Waals surface area contributed by atoms with Crippen LogP contribution in [0.25, 0.3) is 0 Å². The van der Waals surface area contributed by atoms with Crippen molar-refractivity contribution in [2.24, 2.45) is 5.92 Å². The van der Waals surface area contributed by atoms with E-state index in [0.29, 0.717) is 17.1 Å². The molecule has 1 aliphatic carbocycles. The van der Waals surface area contributed by atoms with Gasteiger partial charge < -0.3 is 9.64 Å². The van der Waals surface area contributed by atoms with Crippen molar-refractivity contribution in [2.75, 3.05) is 14.1 Å². The third-order valence-corrected chi connectivity index (χ3v) is 3.11. The summed E-state index contributed by atoms with van der Waals surface area (Å²) in [6.07, 6.45) is 3.59. The fourth-order valence-electron chi connectivity index (χ4n) is 1.87. The second kappa shape index (κ2) is 5.79. The van der Waals surface area contributed by atoms with Gasteiger partial charge in [-0.15, -0.1) is 0 Å². The number of carbonyl (C=O) groups is 1. The van der Waals surface area contributed by atoms with Gasteiger partial charge in [0.25, 0.3) is 0 Å². The molecule has 0 heterocycles. The third kappa shape index (κ3) is 3.39. The van der Waals surface area contributed by atoms with Crippen molar-refractivity contribution in [1.82, 2.24) is 4.90 Å². The van der Waals surface area contributed by atoms with Crippen LogP contribution >= 0.6 is 0 Å². The Morgan fingerprint density at radius 1 is 1.45 bits per heavy atom. The highest BCUT2D eigenvalue weighted by atomic mass is 16.5. The Morgan fingerprint density at radius 2 is 2.15 bits per heavy atom. The molecule has 0 unspecified atom stereocenters. The van der Waals surface area contributed by atoms with Gasteiger partial charge in [-0.05, 0) is 43.5 Å². The van der Waals surface area contributed by atoms with E-state index >= 15 is 0 Å². The molecule has 1 aliphatic rings. The van der Waals surface area contributed by atoms with Crippen molar-refractivity contribution in [3.05, 3.63) is 41.3 Å². The van der Waals surface area contributed by atoms with Gasteiger partial charge in [0.05, 0.1) is 11.6 Å². The van der Waals surface area contributed by atoms with Crippen LogP contribution in [0.3, 0.4) is 0 Å². The summed E-state index contributed by atoms with van der Waals surface area (Å²) in [5.74, 6) is 1.12. The molecule has 0 aromatic heterocycles. The van der Waals surface area contributed by atoms with Crippen LogP contribution in [0, 0.1) is 24.2 Å². The number of benzene rings is 1. The van der Waals surface area contributed by atoms with Crippen molar-refractivity contribution in [3.63, 3.8) is 0 Å². The van der Waals surface area contributed by atoms with Gasteiger partial charge in [-0.25, -0.2) is 0 Å². The molecular weight excluding hydrogens is 252 g/mol. The average Bonchev–Trinajstić information content (AvgIpc) is 3.21. The molecule has 20 heavy (non-hydrogen) atoms. The molecule has 0 amide bonds. The Morgan fingerprint density at radius 3 is 2.65 bits per heavy atom. The molecule has 1 aromatic rings. The van der Waals surface area contributed by atoms with Crippen molar-refractivity contribution < 1.29 is 9.53 Å². The molecule has 0 radical (unpaired) electrons. The second-order valence-corrected chi connectivity index (χ2v) is 5.29. The van der Waals surface area contributed by atoms with Gasteiger partial charge in [-0.3, -0.25) is 4.79 Å². The van der Waals surface area contributed by atoms with Crippen LogP contribution in [0.2, 0.25) is 0 Å². The first-order valence-electron chi connectivity index (χ1n) is 6.62. The van der Waals surface area contributed by atoms with Crippen molar-refractivity contribution in [2.45, 2.75) is 19.8 Å². The molecule has 1 fully saturated rings. The molecule has 4 nitrogen and oxygen atoms in total. The van der Waals surface area contributed by atoms with E-state index < -0.39 is 0 Å². The Bertz CT molecular complexity index is 593. The lowest BCUT2D eigenvalue weighted by Crippen LogP contribution is -2.15. The molecule has 0 N–H and O–H groups in total. The van der Waals surface area contributed by atoms with Gasteiger partial charge in [-0.1, -0.05) is 0 Å². The molecule has 1 aromatic carbocycles. The number of hydrogen-bond donors (Lipinski definition) is 0. The van der Waals surface area contributed by atoms with Crippen molar-refractivity contribution >= 4 is 5.78 Å². The van der Waals surface area contributed by atoms with E-state index in [1.165, 1.54) is 0 Å². The quantitative estimate of drug-likeness (QED) is 0.609. The van der Waals surface area contributed by atoms with Gasteiger partial charge in [0.2, 0.25) is 5.78 Å². The summed E-state index contributed by atoms with van der Waals surface area (Å²) in [5.41, 5.74) is 1.46. The Balaban J connectivity index is 2.21. The molecule has 0 spiro atoms. The molecule has 0 atom stereocenters. The molecule has 0 bridgehead atoms. The number of nitriles is 1. The predicted molar refractivity (Wildman–Crippen MR) is 76.0 cm³/mol. The van der Waals surface area contributed by atoms with Gasteiger partial charge in [-0.2, -0.15) is 5.26 Å². The molecule has 104 valence electrons. The number of allylic oxidation sites excluding steroid dienone is 1. The number of ether oxygens (including phenoxy) is 1. The van der Waals surface area contributed by atoms with Gasteiger partial charge in [0.1, 0.15) is 5.75 Å². The molecule has 4 heteroatoms. The monoisotopic (exact) mass is 270 g/mol. The smallest absolute Gasteiger partial charge is 0.202 e. The lowest BCUT2D eigenvalue weighted by molar-refractivity contribution is -0.118. The summed E-state index contributed by atoms with van der Waals surface area (Å²) >= 11 is 0. The maximum Gasteiger partial charge on any atom is 0.202 e. The Kier molecular flexibility index (Phi) is 4.09. The standard InChI is InChI=1S/C16H18N2O2/c1-11-8-14(7-6-13(11)9-17)20-15(10-18(2)3)16(19)12-4-5-12/h6-8,10,12H,4-5H2,1-3H3/b15-10+. The van der Waals surface area contributed by atoms with Crippen LogP contribution in [0.4, 0.5) is 0 Å². The lowest BCUT2D eigenvalue weighted by atomic mass is 10.1. The molecule has 0 saturated heterocycles. The molecule has 0 aliphatic heterocycles. The van der Waals surface area contributed by atoms with Crippen LogP contribution in [0.5, 0.6) is 5.75 Å². The fourth-order valence-corrected chi connectivity index (χ4v) is 1.87. The number of hydrogen-bond acceptors (Lipinski definition) is 4. The number of aryl methyl sites for hydroxylation is 1. The van der Waals surface area contributed by atoms with E-state index in [-0.39, 0.29) is 11.7 Å². The molecular formula is C16H18N2O2. The zero-order valence-electron chi connectivity index (χ0n) is 12.0. The fraction of sp³-hybridized carbons (Fsp3) is 0.375. The zero-order valence-corrected chi connectivity index (χ0v) is 12.0. The average molecular weight is 270 g/mol. The Labute approximate surface area is 119 Å². The third-order valence-electron chi connectivity index (χ3n) is 3.11. The summed E-state index contributed by atoms with van der Waals surface area (Å²) < 4.78 is 5.73. The minimum Gasteiger partial charge on any atom is -0.452 e. The summed E-state index contributed by atoms with van der Waals surface area (Å²) in [4.78, 5) is 14.0. The van der Waals surface area contributed by atoms with E-state index in [1.54, 1.807) is 29.3 Å². The van der Waals surface area contributed by atoms with Crippen LogP contribution in [0.15, 0.2) is 30.2 Å². The minimum atomic E-state index is 0.0562. The van der Waals surface area contributed by atoms with Crippen LogP contribution in [-0.4, -0.2) is 24.8 Å². The Hall–Kier alpha value is -2.28.